The van der Waals surface area contributed by atoms with Gasteiger partial charge in [0.1, 0.15) is 24.1 Å². The summed E-state index contributed by atoms with van der Waals surface area (Å²) in [6.45, 7) is 10.5. The zero-order valence-corrected chi connectivity index (χ0v) is 43.7. The number of ether oxygens (including phenoxy) is 1. The van der Waals surface area contributed by atoms with Crippen LogP contribution in [0.2, 0.25) is 0 Å². The number of aromatic hydroxyl groups is 1. The van der Waals surface area contributed by atoms with Crippen LogP contribution in [0.1, 0.15) is 114 Å². The Balaban J connectivity index is 0.927. The van der Waals surface area contributed by atoms with E-state index in [-0.39, 0.29) is 67.4 Å². The molecule has 0 aliphatic carbocycles. The van der Waals surface area contributed by atoms with Crippen LogP contribution in [-0.2, 0) is 20.9 Å². The van der Waals surface area contributed by atoms with E-state index in [1.54, 1.807) is 40.9 Å². The molecule has 2 heterocycles. The molecule has 1 aromatic heterocycles. The van der Waals surface area contributed by atoms with Crippen LogP contribution >= 0.6 is 11.3 Å². The summed E-state index contributed by atoms with van der Waals surface area (Å²) in [6, 6.07) is 36.5. The number of aromatic nitrogens is 1. The standard InChI is InChI=1S/C59H66N6O8S/c1-7-47(39-12-9-8-10-13-39)52(40-19-24-44(66)25-20-40)41-21-26-46(27-22-41)73-31-30-64(6)51(68)14-11-29-61-56(70)43-23-28-48(55(60)69)49(32-43)53(59(3,4)5)58(72)65-35-45(67)33-50(65)57(71)62-34-38-15-17-42(18-16-38)54-37(2)63-36-74-54/h8-10,12-13,15-28,32,36,45,50,53,66-67H,7,11,14,29-31,33-35H2,1-6H3,(H2,60,69)(H,61,70)(H,62,71)/t45-,50+,53+/m1/s1. The van der Waals surface area contributed by atoms with Gasteiger partial charge in [-0.3, -0.25) is 24.0 Å². The number of likely N-dealkylation sites (N-methyl/N-ethyl adjacent to an activating group) is 1. The Morgan fingerprint density at radius 3 is 2.16 bits per heavy atom. The molecule has 0 saturated carbocycles. The number of amides is 5. The van der Waals surface area contributed by atoms with E-state index in [1.165, 1.54) is 28.7 Å². The second-order valence-electron chi connectivity index (χ2n) is 19.7. The van der Waals surface area contributed by atoms with Crippen molar-refractivity contribution in [2.45, 2.75) is 84.9 Å². The Kier molecular flexibility index (Phi) is 17.9. The Morgan fingerprint density at radius 1 is 0.878 bits per heavy atom. The van der Waals surface area contributed by atoms with Crippen molar-refractivity contribution in [1.29, 1.82) is 0 Å². The van der Waals surface area contributed by atoms with Crippen LogP contribution in [0, 0.1) is 12.3 Å². The van der Waals surface area contributed by atoms with Gasteiger partial charge in [0, 0.05) is 50.7 Å². The first-order valence-electron chi connectivity index (χ1n) is 25.0. The Morgan fingerprint density at radius 2 is 1.54 bits per heavy atom. The molecule has 1 fully saturated rings. The number of primary amides is 1. The highest BCUT2D eigenvalue weighted by atomic mass is 32.1. The van der Waals surface area contributed by atoms with Crippen molar-refractivity contribution in [2.24, 2.45) is 11.1 Å². The molecule has 6 aromatic rings. The van der Waals surface area contributed by atoms with Gasteiger partial charge in [-0.25, -0.2) is 4.98 Å². The van der Waals surface area contributed by atoms with Crippen molar-refractivity contribution in [3.8, 4) is 21.9 Å². The van der Waals surface area contributed by atoms with E-state index in [9.17, 15) is 34.2 Å². The molecule has 0 unspecified atom stereocenters. The number of allylic oxidation sites excluding steroid dienone is 1. The summed E-state index contributed by atoms with van der Waals surface area (Å²) in [6.07, 6.45) is 0.393. The van der Waals surface area contributed by atoms with Crippen LogP contribution < -0.4 is 21.1 Å². The first kappa shape index (κ1) is 54.2. The molecule has 7 rings (SSSR count). The summed E-state index contributed by atoms with van der Waals surface area (Å²) in [5.41, 5.74) is 15.5. The van der Waals surface area contributed by atoms with Gasteiger partial charge in [0.2, 0.25) is 23.6 Å². The van der Waals surface area contributed by atoms with E-state index in [2.05, 4.69) is 34.7 Å². The summed E-state index contributed by atoms with van der Waals surface area (Å²) in [4.78, 5) is 76.5. The average Bonchev–Trinajstić information content (AvgIpc) is 4.01. The van der Waals surface area contributed by atoms with Crippen LogP contribution in [0.3, 0.4) is 0 Å². The molecule has 74 heavy (non-hydrogen) atoms. The minimum absolute atomic E-state index is 0.0308. The number of aliphatic hydroxyl groups is 1. The number of nitrogens with zero attached hydrogens (tertiary/aromatic N) is 3. The molecule has 1 aliphatic rings. The minimum Gasteiger partial charge on any atom is -0.508 e. The van der Waals surface area contributed by atoms with Gasteiger partial charge in [0.25, 0.3) is 5.91 Å². The number of phenolic OH excluding ortho intramolecular Hbond substituents is 1. The molecule has 0 bridgehead atoms. The number of thiazole rings is 1. The van der Waals surface area contributed by atoms with Gasteiger partial charge < -0.3 is 41.1 Å². The number of nitrogens with two attached hydrogens (primary N) is 1. The lowest BCUT2D eigenvalue weighted by Crippen LogP contribution is -2.49. The quantitative estimate of drug-likeness (QED) is 0.0366. The Bertz CT molecular complexity index is 2970. The molecule has 14 nitrogen and oxygen atoms in total. The first-order valence-corrected chi connectivity index (χ1v) is 25.8. The van der Waals surface area contributed by atoms with Gasteiger partial charge in [-0.1, -0.05) is 107 Å². The van der Waals surface area contributed by atoms with Crippen molar-refractivity contribution in [3.63, 3.8) is 0 Å². The maximum Gasteiger partial charge on any atom is 0.251 e. The average molecular weight is 1020 g/mol. The lowest BCUT2D eigenvalue weighted by molar-refractivity contribution is -0.141. The number of rotatable bonds is 20. The monoisotopic (exact) mass is 1020 g/mol. The van der Waals surface area contributed by atoms with Crippen LogP contribution in [0.15, 0.2) is 127 Å². The van der Waals surface area contributed by atoms with Gasteiger partial charge in [-0.05, 0) is 112 Å². The second-order valence-corrected chi connectivity index (χ2v) is 20.6. The Hall–Kier alpha value is -7.62. The smallest absolute Gasteiger partial charge is 0.251 e. The second kappa shape index (κ2) is 24.4. The molecule has 1 aliphatic heterocycles. The third kappa shape index (κ3) is 13.3. The number of hydrogen-bond donors (Lipinski definition) is 5. The molecule has 0 radical (unpaired) electrons. The maximum atomic E-state index is 14.7. The van der Waals surface area contributed by atoms with Crippen molar-refractivity contribution in [3.05, 3.63) is 171 Å². The van der Waals surface area contributed by atoms with Gasteiger partial charge in [-0.2, -0.15) is 0 Å². The first-order chi connectivity index (χ1) is 35.4. The highest BCUT2D eigenvalue weighted by Gasteiger charge is 2.45. The van der Waals surface area contributed by atoms with Crippen LogP contribution in [0.4, 0.5) is 0 Å². The number of aryl methyl sites for hydroxylation is 1. The normalized spacial score (nSPS) is 15.2. The van der Waals surface area contributed by atoms with Crippen LogP contribution in [-0.4, -0.2) is 100.0 Å². The largest absolute Gasteiger partial charge is 0.508 e. The van der Waals surface area contributed by atoms with Gasteiger partial charge in [-0.15, -0.1) is 11.3 Å². The summed E-state index contributed by atoms with van der Waals surface area (Å²) >= 11 is 1.55. The summed E-state index contributed by atoms with van der Waals surface area (Å²) in [7, 11) is 1.70. The van der Waals surface area contributed by atoms with E-state index < -0.39 is 47.1 Å². The maximum absolute atomic E-state index is 14.7. The number of carbonyl (C=O) groups excluding carboxylic acids is 5. The van der Waals surface area contributed by atoms with Crippen molar-refractivity contribution < 1.29 is 38.9 Å². The number of benzene rings is 5. The number of likely N-dealkylation sites (tertiary alicyclic amines) is 1. The predicted octanol–water partition coefficient (Wildman–Crippen LogP) is 8.75. The minimum atomic E-state index is -1.03. The molecule has 1 saturated heterocycles. The Labute approximate surface area is 437 Å². The topological polar surface area (TPSA) is 204 Å². The lowest BCUT2D eigenvalue weighted by Gasteiger charge is -2.36. The molecule has 5 amide bonds. The molecule has 15 heteroatoms. The number of carbonyl (C=O) groups is 5. The fourth-order valence-corrected chi connectivity index (χ4v) is 10.3. The zero-order chi connectivity index (χ0) is 53.1. The predicted molar refractivity (Wildman–Crippen MR) is 289 cm³/mol. The molecule has 386 valence electrons. The molecular weight excluding hydrogens is 953 g/mol. The summed E-state index contributed by atoms with van der Waals surface area (Å²) in [5.74, 6) is -2.46. The molecule has 6 N–H and O–H groups in total. The number of nitrogens with one attached hydrogen (secondary N) is 2. The van der Waals surface area contributed by atoms with E-state index in [0.717, 1.165) is 50.4 Å². The van der Waals surface area contributed by atoms with Crippen molar-refractivity contribution in [1.82, 2.24) is 25.4 Å². The highest BCUT2D eigenvalue weighted by molar-refractivity contribution is 7.13. The lowest BCUT2D eigenvalue weighted by atomic mass is 9.73. The molecule has 0 spiro atoms. The van der Waals surface area contributed by atoms with Gasteiger partial charge in [0.05, 0.1) is 34.6 Å². The van der Waals surface area contributed by atoms with E-state index >= 15 is 0 Å². The zero-order valence-electron chi connectivity index (χ0n) is 42.9. The summed E-state index contributed by atoms with van der Waals surface area (Å²) in [5, 5.41) is 26.6. The number of aliphatic hydroxyl groups excluding tert-OH is 1. The number of β-amino-alcohol motifs (C(OH)–C–C–N with tert-alkyl or cyclic N) is 1. The number of phenols is 1. The van der Waals surface area contributed by atoms with Crippen LogP contribution in [0.25, 0.3) is 21.6 Å². The fourth-order valence-electron chi connectivity index (χ4n) is 9.45. The summed E-state index contributed by atoms with van der Waals surface area (Å²) < 4.78 is 6.05. The SMILES string of the molecule is CCC(=C(c1ccc(O)cc1)c1ccc(OCCN(C)C(=O)CCCNC(=O)c2ccc(C(N)=O)c([C@@H](C(=O)N3C[C@H](O)C[C@H]3C(=O)NCc3ccc(-c4scnc4C)cc3)C(C)(C)C)c2)cc1)c1ccccc1. The molecular formula is C59H66N6O8S. The van der Waals surface area contributed by atoms with Crippen molar-refractivity contribution in [2.75, 3.05) is 33.3 Å². The van der Waals surface area contributed by atoms with Gasteiger partial charge >= 0.3 is 0 Å². The van der Waals surface area contributed by atoms with E-state index in [0.29, 0.717) is 18.7 Å². The van der Waals surface area contributed by atoms with Crippen LogP contribution in [0.5, 0.6) is 11.5 Å². The van der Waals surface area contributed by atoms with Gasteiger partial charge in [0.15, 0.2) is 0 Å². The van der Waals surface area contributed by atoms with E-state index in [4.69, 9.17) is 10.5 Å². The third-order valence-corrected chi connectivity index (χ3v) is 14.3. The highest BCUT2D eigenvalue weighted by Crippen LogP contribution is 2.41. The molecule has 5 aromatic carbocycles. The van der Waals surface area contributed by atoms with E-state index in [1.807, 2.05) is 107 Å². The molecule has 3 atom stereocenters. The van der Waals surface area contributed by atoms with Crippen molar-refractivity contribution >= 4 is 52.0 Å². The fraction of sp³-hybridized carbons (Fsp3) is 0.322. The number of hydrogen-bond acceptors (Lipinski definition) is 10. The third-order valence-electron chi connectivity index (χ3n) is 13.3.